The molecule has 2 atom stereocenters. The Bertz CT molecular complexity index is 541. The predicted octanol–water partition coefficient (Wildman–Crippen LogP) is 4.86. The lowest BCUT2D eigenvalue weighted by Crippen LogP contribution is -2.36. The summed E-state index contributed by atoms with van der Waals surface area (Å²) in [6.07, 6.45) is 7.42. The van der Waals surface area contributed by atoms with Crippen molar-refractivity contribution in [2.45, 2.75) is 130 Å². The molecule has 0 spiro atoms. The van der Waals surface area contributed by atoms with Crippen molar-refractivity contribution in [1.29, 1.82) is 0 Å². The van der Waals surface area contributed by atoms with Gasteiger partial charge in [-0.2, -0.15) is 0 Å². The highest BCUT2D eigenvalue weighted by molar-refractivity contribution is 5.87. The number of alkyl carbamates (subject to hydrolysis) is 2. The lowest BCUT2D eigenvalue weighted by molar-refractivity contribution is -0.149. The second-order valence-electron chi connectivity index (χ2n) is 9.07. The number of hydrogen-bond donors (Lipinski definition) is 3. The lowest BCUT2D eigenvalue weighted by atomic mass is 10.0. The van der Waals surface area contributed by atoms with Crippen molar-refractivity contribution < 1.29 is 38.8 Å². The van der Waals surface area contributed by atoms with Gasteiger partial charge >= 0.3 is 18.2 Å². The summed E-state index contributed by atoms with van der Waals surface area (Å²) in [4.78, 5) is 32.7. The van der Waals surface area contributed by atoms with E-state index in [0.717, 1.165) is 38.5 Å². The van der Waals surface area contributed by atoms with Gasteiger partial charge in [-0.1, -0.05) is 33.1 Å². The topological polar surface area (TPSA) is 131 Å². The molecule has 1 aliphatic carbocycles. The maximum absolute atomic E-state index is 11.1. The number of amides is 2. The minimum Gasteiger partial charge on any atom is -0.463 e. The number of imide groups is 1. The second-order valence-corrected chi connectivity index (χ2v) is 9.07. The van der Waals surface area contributed by atoms with Crippen LogP contribution < -0.4 is 5.32 Å². The van der Waals surface area contributed by atoms with E-state index >= 15 is 0 Å². The third-order valence-corrected chi connectivity index (χ3v) is 4.56. The molecule has 9 nitrogen and oxygen atoms in total. The van der Waals surface area contributed by atoms with Gasteiger partial charge in [0.05, 0.1) is 18.8 Å². The van der Waals surface area contributed by atoms with Crippen molar-refractivity contribution in [3.8, 4) is 0 Å². The lowest BCUT2D eigenvalue weighted by Gasteiger charge is -2.18. The zero-order chi connectivity index (χ0) is 24.6. The fourth-order valence-corrected chi connectivity index (χ4v) is 3.12. The van der Waals surface area contributed by atoms with Crippen LogP contribution in [-0.2, 0) is 19.0 Å². The number of cyclic esters (lactones) is 1. The first kappa shape index (κ1) is 33.3. The van der Waals surface area contributed by atoms with Gasteiger partial charge in [-0.05, 0) is 60.3 Å². The number of aliphatic hydroxyl groups excluding tert-OH is 2. The fourth-order valence-electron chi connectivity index (χ4n) is 3.12. The van der Waals surface area contributed by atoms with Crippen LogP contribution in [0, 0.1) is 0 Å². The Kier molecular flexibility index (Phi) is 18.7. The van der Waals surface area contributed by atoms with E-state index in [9.17, 15) is 19.5 Å². The number of nitrogens with one attached hydrogen (secondary N) is 1. The van der Waals surface area contributed by atoms with E-state index in [4.69, 9.17) is 14.6 Å². The van der Waals surface area contributed by atoms with Gasteiger partial charge in [0.25, 0.3) is 0 Å². The molecule has 0 aromatic heterocycles. The monoisotopic (exact) mass is 477 g/mol. The minimum absolute atomic E-state index is 0. The first-order valence-corrected chi connectivity index (χ1v) is 11.6. The average molecular weight is 478 g/mol. The first-order valence-electron chi connectivity index (χ1n) is 11.6. The van der Waals surface area contributed by atoms with Crippen molar-refractivity contribution in [2.75, 3.05) is 6.61 Å². The van der Waals surface area contributed by atoms with Crippen LogP contribution in [-0.4, -0.2) is 58.9 Å². The molecule has 1 aliphatic heterocycles. The molecule has 196 valence electrons. The minimum atomic E-state index is -0.800. The number of ether oxygens (including phenoxy) is 3. The number of aliphatic hydroxyl groups is 2. The molecule has 1 heterocycles. The zero-order valence-corrected chi connectivity index (χ0v) is 20.4. The summed E-state index contributed by atoms with van der Waals surface area (Å²) < 4.78 is 14.4. The van der Waals surface area contributed by atoms with Crippen LogP contribution in [0.4, 0.5) is 9.59 Å². The van der Waals surface area contributed by atoms with Crippen molar-refractivity contribution in [2.24, 2.45) is 0 Å². The summed E-state index contributed by atoms with van der Waals surface area (Å²) in [5, 5.41) is 20.1. The van der Waals surface area contributed by atoms with Crippen LogP contribution in [0.25, 0.3) is 0 Å². The summed E-state index contributed by atoms with van der Waals surface area (Å²) in [5.41, 5.74) is -0.615. The quantitative estimate of drug-likeness (QED) is 0.360. The van der Waals surface area contributed by atoms with Crippen LogP contribution in [0.1, 0.15) is 106 Å². The third kappa shape index (κ3) is 21.7. The molecule has 1 saturated heterocycles. The number of carbonyl (C=O) groups is 3. The van der Waals surface area contributed by atoms with Crippen molar-refractivity contribution in [3.05, 3.63) is 0 Å². The molecular formula is C24H47NO8. The summed E-state index contributed by atoms with van der Waals surface area (Å²) >= 11 is 0. The SMILES string of the molecule is C.CC1CC(O)CCCCCC(=O)O1.CCOC(=O)NC(=O)OC(C)(C)C.OC1CCCC1. The highest BCUT2D eigenvalue weighted by Gasteiger charge is 2.18. The smallest absolute Gasteiger partial charge is 0.417 e. The van der Waals surface area contributed by atoms with Crippen LogP contribution in [0.2, 0.25) is 0 Å². The second kappa shape index (κ2) is 18.5. The van der Waals surface area contributed by atoms with Crippen LogP contribution in [0.5, 0.6) is 0 Å². The van der Waals surface area contributed by atoms with Crippen LogP contribution in [0.3, 0.4) is 0 Å². The molecule has 2 aliphatic rings. The molecule has 0 bridgehead atoms. The summed E-state index contributed by atoms with van der Waals surface area (Å²) in [7, 11) is 0. The number of hydrogen-bond acceptors (Lipinski definition) is 8. The molecule has 9 heteroatoms. The summed E-state index contributed by atoms with van der Waals surface area (Å²) in [6, 6.07) is 0. The van der Waals surface area contributed by atoms with Crippen molar-refractivity contribution in [3.63, 3.8) is 0 Å². The third-order valence-electron chi connectivity index (χ3n) is 4.56. The van der Waals surface area contributed by atoms with E-state index in [0.29, 0.717) is 12.8 Å². The van der Waals surface area contributed by atoms with Crippen LogP contribution in [0.15, 0.2) is 0 Å². The van der Waals surface area contributed by atoms with E-state index in [1.54, 1.807) is 27.7 Å². The summed E-state index contributed by atoms with van der Waals surface area (Å²) in [6.45, 7) is 8.82. The van der Waals surface area contributed by atoms with E-state index in [1.165, 1.54) is 12.8 Å². The standard InChI is InChI=1S/C10H18O3.C8H15NO4.C5H10O.CH4/c1-8-7-9(11)5-3-2-4-6-10(12)13-8;1-5-12-6(10)9-7(11)13-8(2,3)4;6-5-3-1-2-4-5;/h8-9,11H,2-7H2,1H3;5H2,1-4H3,(H,9,10,11);5-6H,1-4H2;1H4. The van der Waals surface area contributed by atoms with E-state index < -0.39 is 17.8 Å². The zero-order valence-electron chi connectivity index (χ0n) is 20.4. The van der Waals surface area contributed by atoms with Gasteiger partial charge < -0.3 is 24.4 Å². The Morgan fingerprint density at radius 1 is 1.00 bits per heavy atom. The number of carbonyl (C=O) groups excluding carboxylic acids is 3. The van der Waals surface area contributed by atoms with Gasteiger partial charge in [-0.3, -0.25) is 4.79 Å². The van der Waals surface area contributed by atoms with Gasteiger partial charge in [0, 0.05) is 12.8 Å². The van der Waals surface area contributed by atoms with Gasteiger partial charge in [-0.15, -0.1) is 0 Å². The Morgan fingerprint density at radius 2 is 1.55 bits per heavy atom. The molecule has 0 aromatic rings. The average Bonchev–Trinajstić information content (AvgIpc) is 3.11. The Labute approximate surface area is 199 Å². The maximum Gasteiger partial charge on any atom is 0.417 e. The molecule has 2 fully saturated rings. The van der Waals surface area contributed by atoms with E-state index in [1.807, 2.05) is 12.2 Å². The number of esters is 1. The molecule has 33 heavy (non-hydrogen) atoms. The normalized spacial score (nSPS) is 21.5. The Hall–Kier alpha value is -1.87. The van der Waals surface area contributed by atoms with E-state index in [-0.39, 0.29) is 38.3 Å². The van der Waals surface area contributed by atoms with Gasteiger partial charge in [0.1, 0.15) is 11.7 Å². The molecule has 3 N–H and O–H groups in total. The van der Waals surface area contributed by atoms with Gasteiger partial charge in [-0.25, -0.2) is 14.9 Å². The molecule has 2 amide bonds. The van der Waals surface area contributed by atoms with Gasteiger partial charge in [0.15, 0.2) is 0 Å². The molecular weight excluding hydrogens is 430 g/mol. The summed E-state index contributed by atoms with van der Waals surface area (Å²) in [5.74, 6) is -0.124. The highest BCUT2D eigenvalue weighted by Crippen LogP contribution is 2.16. The predicted molar refractivity (Wildman–Crippen MR) is 127 cm³/mol. The molecule has 1 saturated carbocycles. The van der Waals surface area contributed by atoms with Crippen molar-refractivity contribution >= 4 is 18.2 Å². The fraction of sp³-hybridized carbons (Fsp3) is 0.875. The molecule has 2 unspecified atom stereocenters. The molecule has 0 radical (unpaired) electrons. The Morgan fingerprint density at radius 3 is 2.03 bits per heavy atom. The largest absolute Gasteiger partial charge is 0.463 e. The first-order chi connectivity index (χ1) is 14.9. The maximum atomic E-state index is 11.1. The number of rotatable bonds is 1. The van der Waals surface area contributed by atoms with Crippen molar-refractivity contribution in [1.82, 2.24) is 5.32 Å². The Balaban J connectivity index is 0. The highest BCUT2D eigenvalue weighted by atomic mass is 16.6. The van der Waals surface area contributed by atoms with Crippen LogP contribution >= 0.6 is 0 Å². The molecule has 0 aromatic carbocycles. The molecule has 2 rings (SSSR count). The van der Waals surface area contributed by atoms with Gasteiger partial charge in [0.2, 0.25) is 0 Å². The van der Waals surface area contributed by atoms with E-state index in [2.05, 4.69) is 4.74 Å².